The summed E-state index contributed by atoms with van der Waals surface area (Å²) in [6.45, 7) is 9.48. The van der Waals surface area contributed by atoms with Crippen LogP contribution in [0.4, 0.5) is 5.69 Å². The molecule has 0 aliphatic rings. The number of nitrogens with one attached hydrogen (secondary N) is 1. The lowest BCUT2D eigenvalue weighted by molar-refractivity contribution is -0.113. The molecule has 2 aromatic heterocycles. The minimum absolute atomic E-state index is 0.0375. The van der Waals surface area contributed by atoms with Gasteiger partial charge in [-0.25, -0.2) is 0 Å². The molecule has 3 rings (SSSR count). The second-order valence-corrected chi connectivity index (χ2v) is 9.12. The number of aromatic nitrogens is 3. The number of anilines is 1. The summed E-state index contributed by atoms with van der Waals surface area (Å²) in [4.78, 5) is 13.7. The molecule has 1 N–H and O–H groups in total. The normalized spacial score (nSPS) is 11.2. The van der Waals surface area contributed by atoms with E-state index in [1.165, 1.54) is 22.2 Å². The molecule has 0 saturated carbocycles. The third-order valence-corrected chi connectivity index (χ3v) is 6.79. The van der Waals surface area contributed by atoms with E-state index in [2.05, 4.69) is 59.2 Å². The van der Waals surface area contributed by atoms with Crippen molar-refractivity contribution in [2.24, 2.45) is 0 Å². The summed E-state index contributed by atoms with van der Waals surface area (Å²) in [6.07, 6.45) is 1.97. The van der Waals surface area contributed by atoms with E-state index >= 15 is 0 Å². The van der Waals surface area contributed by atoms with Crippen molar-refractivity contribution in [2.45, 2.75) is 58.2 Å². The molecule has 1 aromatic carbocycles. The van der Waals surface area contributed by atoms with Crippen molar-refractivity contribution in [3.63, 3.8) is 0 Å². The van der Waals surface area contributed by atoms with Crippen LogP contribution in [0.5, 0.6) is 0 Å². The van der Waals surface area contributed by atoms with E-state index in [0.717, 1.165) is 41.6 Å². The number of hydrogen-bond acceptors (Lipinski definition) is 5. The number of carbonyl (C=O) groups is 1. The Morgan fingerprint density at radius 3 is 2.59 bits per heavy atom. The van der Waals surface area contributed by atoms with Crippen LogP contribution in [0.15, 0.2) is 40.9 Å². The van der Waals surface area contributed by atoms with Crippen LogP contribution in [-0.2, 0) is 17.8 Å². The lowest BCUT2D eigenvalue weighted by Gasteiger charge is -2.09. The SMILES string of the molecule is CCCn1c(SCC(=O)Nc2ccc(CC)cc2)nnc1-c1csc(C(C)C)c1. The molecular weight excluding hydrogens is 400 g/mol. The van der Waals surface area contributed by atoms with Crippen LogP contribution in [-0.4, -0.2) is 26.4 Å². The Hall–Kier alpha value is -2.12. The van der Waals surface area contributed by atoms with E-state index in [9.17, 15) is 4.79 Å². The van der Waals surface area contributed by atoms with Gasteiger partial charge in [0.2, 0.25) is 5.91 Å². The van der Waals surface area contributed by atoms with Gasteiger partial charge in [0.05, 0.1) is 5.75 Å². The van der Waals surface area contributed by atoms with Crippen LogP contribution < -0.4 is 5.32 Å². The molecule has 0 bridgehead atoms. The summed E-state index contributed by atoms with van der Waals surface area (Å²) in [6, 6.07) is 10.2. The zero-order valence-corrected chi connectivity index (χ0v) is 19.1. The average Bonchev–Trinajstić information content (AvgIpc) is 3.34. The molecule has 2 heterocycles. The first kappa shape index (κ1) is 21.6. The van der Waals surface area contributed by atoms with Gasteiger partial charge in [0.1, 0.15) is 0 Å². The van der Waals surface area contributed by atoms with Gasteiger partial charge < -0.3 is 9.88 Å². The van der Waals surface area contributed by atoms with Crippen molar-refractivity contribution >= 4 is 34.7 Å². The van der Waals surface area contributed by atoms with Crippen LogP contribution in [0.3, 0.4) is 0 Å². The molecule has 0 saturated heterocycles. The Kier molecular flexibility index (Phi) is 7.50. The molecule has 0 radical (unpaired) electrons. The average molecular weight is 429 g/mol. The molecule has 29 heavy (non-hydrogen) atoms. The maximum absolute atomic E-state index is 12.4. The molecule has 0 aliphatic heterocycles. The summed E-state index contributed by atoms with van der Waals surface area (Å²) in [5.74, 6) is 1.65. The maximum atomic E-state index is 12.4. The maximum Gasteiger partial charge on any atom is 0.234 e. The molecule has 0 atom stereocenters. The van der Waals surface area contributed by atoms with E-state index in [1.807, 2.05) is 24.3 Å². The van der Waals surface area contributed by atoms with Crippen molar-refractivity contribution in [2.75, 3.05) is 11.1 Å². The zero-order valence-electron chi connectivity index (χ0n) is 17.4. The number of hydrogen-bond donors (Lipinski definition) is 1. The number of amides is 1. The van der Waals surface area contributed by atoms with Gasteiger partial charge in [-0.15, -0.1) is 21.5 Å². The number of aryl methyl sites for hydroxylation is 1. The molecule has 0 spiro atoms. The second-order valence-electron chi connectivity index (χ2n) is 7.24. The fraction of sp³-hybridized carbons (Fsp3) is 0.409. The van der Waals surface area contributed by atoms with E-state index in [1.54, 1.807) is 11.3 Å². The summed E-state index contributed by atoms with van der Waals surface area (Å²) in [5, 5.41) is 14.7. The molecule has 0 fully saturated rings. The number of thiophene rings is 1. The van der Waals surface area contributed by atoms with Crippen molar-refractivity contribution in [1.82, 2.24) is 14.8 Å². The highest BCUT2D eigenvalue weighted by Gasteiger charge is 2.17. The first-order valence-corrected chi connectivity index (χ1v) is 11.9. The fourth-order valence-electron chi connectivity index (χ4n) is 2.96. The third-order valence-electron chi connectivity index (χ3n) is 4.59. The highest BCUT2D eigenvalue weighted by molar-refractivity contribution is 7.99. The van der Waals surface area contributed by atoms with Crippen molar-refractivity contribution in [1.29, 1.82) is 0 Å². The molecular formula is C22H28N4OS2. The van der Waals surface area contributed by atoms with Gasteiger partial charge in [-0.1, -0.05) is 51.6 Å². The predicted molar refractivity (Wildman–Crippen MR) is 123 cm³/mol. The summed E-state index contributed by atoms with van der Waals surface area (Å²) in [7, 11) is 0. The molecule has 5 nitrogen and oxygen atoms in total. The number of nitrogens with zero attached hydrogens (tertiary/aromatic N) is 3. The predicted octanol–water partition coefficient (Wildman–Crippen LogP) is 5.83. The Labute approximate surface area is 180 Å². The quantitative estimate of drug-likeness (QED) is 0.435. The first-order chi connectivity index (χ1) is 14.0. The highest BCUT2D eigenvalue weighted by Crippen LogP contribution is 2.31. The van der Waals surface area contributed by atoms with Crippen molar-refractivity contribution < 1.29 is 4.79 Å². The molecule has 7 heteroatoms. The van der Waals surface area contributed by atoms with Crippen LogP contribution in [0.2, 0.25) is 0 Å². The van der Waals surface area contributed by atoms with Crippen LogP contribution >= 0.6 is 23.1 Å². The molecule has 0 unspecified atom stereocenters. The minimum Gasteiger partial charge on any atom is -0.325 e. The van der Waals surface area contributed by atoms with Gasteiger partial charge in [0.25, 0.3) is 0 Å². The van der Waals surface area contributed by atoms with Crippen LogP contribution in [0.25, 0.3) is 11.4 Å². The monoisotopic (exact) mass is 428 g/mol. The minimum atomic E-state index is -0.0375. The number of carbonyl (C=O) groups excluding carboxylic acids is 1. The Balaban J connectivity index is 1.68. The molecule has 1 amide bonds. The van der Waals surface area contributed by atoms with Gasteiger partial charge in [0, 0.05) is 28.1 Å². The van der Waals surface area contributed by atoms with E-state index in [0.29, 0.717) is 11.7 Å². The largest absolute Gasteiger partial charge is 0.325 e. The topological polar surface area (TPSA) is 59.8 Å². The standard InChI is InChI=1S/C22H28N4OS2/c1-5-11-26-21(17-12-19(15(3)4)28-13-17)24-25-22(26)29-14-20(27)23-18-9-7-16(6-2)8-10-18/h7-10,12-13,15H,5-6,11,14H2,1-4H3,(H,23,27). The Bertz CT molecular complexity index is 944. The van der Waals surface area contributed by atoms with Gasteiger partial charge in [-0.05, 0) is 42.5 Å². The van der Waals surface area contributed by atoms with Crippen molar-refractivity contribution in [3.8, 4) is 11.4 Å². The zero-order chi connectivity index (χ0) is 20.8. The molecule has 3 aromatic rings. The molecule has 154 valence electrons. The van der Waals surface area contributed by atoms with E-state index in [4.69, 9.17) is 0 Å². The smallest absolute Gasteiger partial charge is 0.234 e. The van der Waals surface area contributed by atoms with Gasteiger partial charge >= 0.3 is 0 Å². The lowest BCUT2D eigenvalue weighted by Crippen LogP contribution is -2.14. The van der Waals surface area contributed by atoms with Crippen LogP contribution in [0, 0.1) is 0 Å². The fourth-order valence-corrected chi connectivity index (χ4v) is 4.63. The molecule has 0 aliphatic carbocycles. The Morgan fingerprint density at radius 2 is 1.97 bits per heavy atom. The van der Waals surface area contributed by atoms with Crippen molar-refractivity contribution in [3.05, 3.63) is 46.2 Å². The van der Waals surface area contributed by atoms with Crippen LogP contribution in [0.1, 0.15) is 50.5 Å². The van der Waals surface area contributed by atoms with Gasteiger partial charge in [0.15, 0.2) is 11.0 Å². The summed E-state index contributed by atoms with van der Waals surface area (Å²) < 4.78 is 2.13. The van der Waals surface area contributed by atoms with E-state index in [-0.39, 0.29) is 5.91 Å². The number of benzene rings is 1. The summed E-state index contributed by atoms with van der Waals surface area (Å²) in [5.41, 5.74) is 3.18. The lowest BCUT2D eigenvalue weighted by atomic mass is 10.1. The van der Waals surface area contributed by atoms with Gasteiger partial charge in [-0.2, -0.15) is 0 Å². The number of rotatable bonds is 9. The first-order valence-electron chi connectivity index (χ1n) is 10.0. The highest BCUT2D eigenvalue weighted by atomic mass is 32.2. The second kappa shape index (κ2) is 10.1. The Morgan fingerprint density at radius 1 is 1.21 bits per heavy atom. The van der Waals surface area contributed by atoms with Gasteiger partial charge in [-0.3, -0.25) is 4.79 Å². The summed E-state index contributed by atoms with van der Waals surface area (Å²) >= 11 is 3.19. The number of thioether (sulfide) groups is 1. The van der Waals surface area contributed by atoms with E-state index < -0.39 is 0 Å². The third kappa shape index (κ3) is 5.48.